The standard InChI is InChI=1S/C19H24N2O3/c1-6-24-20-13(2)17-15(22)12-16(19(3,4)5)21(18(17)23)14-10-8-7-9-11-14/h7-12,22H,6H2,1-5H3/b20-13+. The van der Waals surface area contributed by atoms with Crippen molar-refractivity contribution >= 4 is 5.71 Å². The molecular formula is C19H24N2O3. The second-order valence-corrected chi connectivity index (χ2v) is 6.61. The number of benzene rings is 1. The predicted molar refractivity (Wildman–Crippen MR) is 96.2 cm³/mol. The third-order valence-electron chi connectivity index (χ3n) is 3.66. The van der Waals surface area contributed by atoms with Crippen LogP contribution < -0.4 is 5.56 Å². The Kier molecular flexibility index (Phi) is 5.12. The fraction of sp³-hybridized carbons (Fsp3) is 0.368. The van der Waals surface area contributed by atoms with Crippen molar-refractivity contribution in [3.63, 3.8) is 0 Å². The van der Waals surface area contributed by atoms with Crippen LogP contribution in [0.3, 0.4) is 0 Å². The lowest BCUT2D eigenvalue weighted by molar-refractivity contribution is 0.159. The summed E-state index contributed by atoms with van der Waals surface area (Å²) in [6.07, 6.45) is 0. The van der Waals surface area contributed by atoms with E-state index in [9.17, 15) is 9.90 Å². The van der Waals surface area contributed by atoms with Gasteiger partial charge in [-0.1, -0.05) is 44.1 Å². The average Bonchev–Trinajstić information content (AvgIpc) is 2.52. The minimum absolute atomic E-state index is 0.0851. The molecule has 2 rings (SSSR count). The van der Waals surface area contributed by atoms with Crippen LogP contribution in [0.15, 0.2) is 46.3 Å². The number of para-hydroxylation sites is 1. The van der Waals surface area contributed by atoms with Crippen LogP contribution in [0.4, 0.5) is 0 Å². The van der Waals surface area contributed by atoms with E-state index < -0.39 is 0 Å². The molecule has 0 saturated heterocycles. The van der Waals surface area contributed by atoms with Gasteiger partial charge in [0.15, 0.2) is 0 Å². The molecule has 1 heterocycles. The second-order valence-electron chi connectivity index (χ2n) is 6.61. The number of aromatic nitrogens is 1. The van der Waals surface area contributed by atoms with Gasteiger partial charge in [0.1, 0.15) is 17.9 Å². The minimum Gasteiger partial charge on any atom is -0.507 e. The summed E-state index contributed by atoms with van der Waals surface area (Å²) in [4.78, 5) is 18.2. The van der Waals surface area contributed by atoms with Crippen LogP contribution in [0.25, 0.3) is 5.69 Å². The van der Waals surface area contributed by atoms with E-state index in [1.807, 2.05) is 58.0 Å². The molecule has 0 amide bonds. The lowest BCUT2D eigenvalue weighted by atomic mass is 9.90. The Morgan fingerprint density at radius 1 is 1.25 bits per heavy atom. The number of hydrogen-bond acceptors (Lipinski definition) is 4. The van der Waals surface area contributed by atoms with Crippen LogP contribution in [0.5, 0.6) is 5.75 Å². The lowest BCUT2D eigenvalue weighted by Crippen LogP contribution is -2.32. The van der Waals surface area contributed by atoms with E-state index in [2.05, 4.69) is 5.16 Å². The average molecular weight is 328 g/mol. The molecule has 0 saturated carbocycles. The van der Waals surface area contributed by atoms with Crippen LogP contribution >= 0.6 is 0 Å². The molecule has 1 N–H and O–H groups in total. The van der Waals surface area contributed by atoms with Crippen molar-refractivity contribution in [3.8, 4) is 11.4 Å². The van der Waals surface area contributed by atoms with E-state index in [0.29, 0.717) is 12.3 Å². The van der Waals surface area contributed by atoms with Gasteiger partial charge in [0, 0.05) is 22.9 Å². The molecule has 1 aromatic carbocycles. The van der Waals surface area contributed by atoms with Crippen molar-refractivity contribution < 1.29 is 9.94 Å². The van der Waals surface area contributed by atoms with Gasteiger partial charge in [-0.15, -0.1) is 0 Å². The third-order valence-corrected chi connectivity index (χ3v) is 3.66. The molecule has 0 aliphatic carbocycles. The van der Waals surface area contributed by atoms with Gasteiger partial charge >= 0.3 is 0 Å². The lowest BCUT2D eigenvalue weighted by Gasteiger charge is -2.25. The molecule has 0 bridgehead atoms. The number of hydrogen-bond donors (Lipinski definition) is 1. The number of pyridine rings is 1. The zero-order chi connectivity index (χ0) is 17.9. The van der Waals surface area contributed by atoms with Crippen LogP contribution in [-0.4, -0.2) is 22.0 Å². The van der Waals surface area contributed by atoms with Crippen molar-refractivity contribution in [2.75, 3.05) is 6.61 Å². The zero-order valence-electron chi connectivity index (χ0n) is 14.8. The second kappa shape index (κ2) is 6.91. The topological polar surface area (TPSA) is 63.8 Å². The Bertz CT molecular complexity index is 800. The number of rotatable bonds is 4. The number of aromatic hydroxyl groups is 1. The number of nitrogens with zero attached hydrogens (tertiary/aromatic N) is 2. The van der Waals surface area contributed by atoms with Crippen molar-refractivity contribution in [2.24, 2.45) is 5.16 Å². The highest BCUT2D eigenvalue weighted by Gasteiger charge is 2.25. The fourth-order valence-electron chi connectivity index (χ4n) is 2.53. The van der Waals surface area contributed by atoms with E-state index in [4.69, 9.17) is 4.84 Å². The van der Waals surface area contributed by atoms with Crippen molar-refractivity contribution in [1.82, 2.24) is 4.57 Å². The first-order valence-corrected chi connectivity index (χ1v) is 7.99. The summed E-state index contributed by atoms with van der Waals surface area (Å²) in [7, 11) is 0. The maximum absolute atomic E-state index is 13.1. The van der Waals surface area contributed by atoms with Crippen LogP contribution in [0.1, 0.15) is 45.9 Å². The molecular weight excluding hydrogens is 304 g/mol. The van der Waals surface area contributed by atoms with Gasteiger partial charge < -0.3 is 9.94 Å². The summed E-state index contributed by atoms with van der Waals surface area (Å²) >= 11 is 0. The molecule has 0 spiro atoms. The monoisotopic (exact) mass is 328 g/mol. The molecule has 2 aromatic rings. The van der Waals surface area contributed by atoms with E-state index in [-0.39, 0.29) is 22.3 Å². The highest BCUT2D eigenvalue weighted by Crippen LogP contribution is 2.28. The SMILES string of the molecule is CCO/N=C(\C)c1c(O)cc(C(C)(C)C)n(-c2ccccc2)c1=O. The summed E-state index contributed by atoms with van der Waals surface area (Å²) in [6, 6.07) is 11.0. The summed E-state index contributed by atoms with van der Waals surface area (Å²) in [5.41, 5.74) is 1.34. The fourth-order valence-corrected chi connectivity index (χ4v) is 2.53. The number of oxime groups is 1. The molecule has 0 unspecified atom stereocenters. The maximum atomic E-state index is 13.1. The van der Waals surface area contributed by atoms with Gasteiger partial charge in [-0.3, -0.25) is 9.36 Å². The largest absolute Gasteiger partial charge is 0.507 e. The first-order chi connectivity index (χ1) is 11.3. The molecule has 0 atom stereocenters. The van der Waals surface area contributed by atoms with Gasteiger partial charge in [0.05, 0.1) is 5.71 Å². The third kappa shape index (κ3) is 3.50. The molecule has 0 fully saturated rings. The van der Waals surface area contributed by atoms with Crippen molar-refractivity contribution in [2.45, 2.75) is 40.0 Å². The molecule has 0 aliphatic rings. The van der Waals surface area contributed by atoms with Gasteiger partial charge in [0.25, 0.3) is 5.56 Å². The first-order valence-electron chi connectivity index (χ1n) is 7.99. The summed E-state index contributed by atoms with van der Waals surface area (Å²) in [5.74, 6) is -0.0851. The Labute approximate surface area is 142 Å². The molecule has 128 valence electrons. The normalized spacial score (nSPS) is 12.3. The van der Waals surface area contributed by atoms with E-state index in [1.54, 1.807) is 17.6 Å². The molecule has 1 aromatic heterocycles. The molecule has 5 nitrogen and oxygen atoms in total. The van der Waals surface area contributed by atoms with E-state index in [0.717, 1.165) is 11.4 Å². The highest BCUT2D eigenvalue weighted by atomic mass is 16.6. The summed E-state index contributed by atoms with van der Waals surface area (Å²) < 4.78 is 1.63. The van der Waals surface area contributed by atoms with E-state index in [1.165, 1.54) is 0 Å². The summed E-state index contributed by atoms with van der Waals surface area (Å²) in [5, 5.41) is 14.3. The van der Waals surface area contributed by atoms with Gasteiger partial charge in [-0.05, 0) is 26.0 Å². The molecule has 5 heteroatoms. The molecule has 0 radical (unpaired) electrons. The minimum atomic E-state index is -0.323. The smallest absolute Gasteiger partial charge is 0.268 e. The Morgan fingerprint density at radius 2 is 1.88 bits per heavy atom. The quantitative estimate of drug-likeness (QED) is 0.689. The van der Waals surface area contributed by atoms with Gasteiger partial charge in [-0.2, -0.15) is 0 Å². The first kappa shape index (κ1) is 17.8. The van der Waals surface area contributed by atoms with Crippen molar-refractivity contribution in [1.29, 1.82) is 0 Å². The Balaban J connectivity index is 2.82. The van der Waals surface area contributed by atoms with Crippen LogP contribution in [0, 0.1) is 0 Å². The molecule has 0 aliphatic heterocycles. The maximum Gasteiger partial charge on any atom is 0.268 e. The van der Waals surface area contributed by atoms with Crippen molar-refractivity contribution in [3.05, 3.63) is 58.0 Å². The zero-order valence-corrected chi connectivity index (χ0v) is 14.8. The molecule has 24 heavy (non-hydrogen) atoms. The van der Waals surface area contributed by atoms with Gasteiger partial charge in [-0.25, -0.2) is 0 Å². The van der Waals surface area contributed by atoms with Crippen LogP contribution in [-0.2, 0) is 10.3 Å². The predicted octanol–water partition coefficient (Wildman–Crippen LogP) is 3.60. The highest BCUT2D eigenvalue weighted by molar-refractivity contribution is 6.00. The van der Waals surface area contributed by atoms with E-state index >= 15 is 0 Å². The Hall–Kier alpha value is -2.56. The Morgan fingerprint density at radius 3 is 2.42 bits per heavy atom. The van der Waals surface area contributed by atoms with Crippen LogP contribution in [0.2, 0.25) is 0 Å². The summed E-state index contributed by atoms with van der Waals surface area (Å²) in [6.45, 7) is 9.86. The van der Waals surface area contributed by atoms with Gasteiger partial charge in [0.2, 0.25) is 0 Å².